The van der Waals surface area contributed by atoms with Gasteiger partial charge in [0.15, 0.2) is 11.6 Å². The fourth-order valence-electron chi connectivity index (χ4n) is 4.04. The monoisotopic (exact) mass is 430 g/mol. The van der Waals surface area contributed by atoms with Gasteiger partial charge in [0.1, 0.15) is 11.6 Å². The summed E-state index contributed by atoms with van der Waals surface area (Å²) < 4.78 is 18.6. The largest absolute Gasteiger partial charge is 0.461 e. The molecular formula is C25H23FN4O2. The average molecular weight is 430 g/mol. The summed E-state index contributed by atoms with van der Waals surface area (Å²) in [6.45, 7) is 4.61. The minimum atomic E-state index is -0.295. The van der Waals surface area contributed by atoms with Crippen molar-refractivity contribution >= 4 is 22.6 Å². The van der Waals surface area contributed by atoms with Crippen LogP contribution in [0.5, 0.6) is 0 Å². The van der Waals surface area contributed by atoms with Crippen LogP contribution < -0.4 is 4.90 Å². The second kappa shape index (κ2) is 8.42. The highest BCUT2D eigenvalue weighted by Gasteiger charge is 2.24. The number of amides is 1. The molecule has 0 bridgehead atoms. The van der Waals surface area contributed by atoms with Crippen LogP contribution in [0, 0.1) is 12.7 Å². The van der Waals surface area contributed by atoms with Crippen molar-refractivity contribution in [2.75, 3.05) is 31.1 Å². The molecule has 0 saturated carbocycles. The Hall–Kier alpha value is -3.74. The fourth-order valence-corrected chi connectivity index (χ4v) is 4.04. The summed E-state index contributed by atoms with van der Waals surface area (Å²) in [5.74, 6) is 1.79. The maximum Gasteiger partial charge on any atom is 0.227 e. The number of hydrogen-bond donors (Lipinski definition) is 0. The number of nitrogens with zero attached hydrogens (tertiary/aromatic N) is 4. The number of rotatable bonds is 4. The maximum atomic E-state index is 13.1. The molecule has 1 fully saturated rings. The van der Waals surface area contributed by atoms with Crippen molar-refractivity contribution < 1.29 is 13.6 Å². The van der Waals surface area contributed by atoms with Gasteiger partial charge in [0.25, 0.3) is 0 Å². The van der Waals surface area contributed by atoms with E-state index in [2.05, 4.69) is 22.9 Å². The van der Waals surface area contributed by atoms with E-state index < -0.39 is 0 Å². The number of fused-ring (bicyclic) bond motifs is 1. The first kappa shape index (κ1) is 20.2. The van der Waals surface area contributed by atoms with Gasteiger partial charge in [0, 0.05) is 31.6 Å². The van der Waals surface area contributed by atoms with Gasteiger partial charge in [0.05, 0.1) is 18.2 Å². The molecule has 6 nitrogen and oxygen atoms in total. The first-order chi connectivity index (χ1) is 15.6. The van der Waals surface area contributed by atoms with Crippen molar-refractivity contribution in [2.24, 2.45) is 0 Å². The van der Waals surface area contributed by atoms with E-state index in [4.69, 9.17) is 9.40 Å². The number of anilines is 1. The number of piperazine rings is 1. The SMILES string of the molecule is Cc1ccc2nc(-c3ccco3)nc(N3CCN(C(=O)Cc4ccc(F)cc4)CC3)c2c1. The van der Waals surface area contributed by atoms with E-state index in [1.165, 1.54) is 12.1 Å². The zero-order valence-corrected chi connectivity index (χ0v) is 17.8. The summed E-state index contributed by atoms with van der Waals surface area (Å²) in [5, 5.41) is 0.992. The maximum absolute atomic E-state index is 13.1. The van der Waals surface area contributed by atoms with Crippen LogP contribution in [-0.2, 0) is 11.2 Å². The highest BCUT2D eigenvalue weighted by molar-refractivity contribution is 5.91. The molecule has 1 saturated heterocycles. The molecule has 0 atom stereocenters. The summed E-state index contributed by atoms with van der Waals surface area (Å²) in [5.41, 5.74) is 2.82. The summed E-state index contributed by atoms with van der Waals surface area (Å²) in [7, 11) is 0. The van der Waals surface area contributed by atoms with Gasteiger partial charge in [0.2, 0.25) is 5.91 Å². The molecule has 1 amide bonds. The Morgan fingerprint density at radius 2 is 1.81 bits per heavy atom. The van der Waals surface area contributed by atoms with Crippen LogP contribution in [0.25, 0.3) is 22.5 Å². The number of benzene rings is 2. The Morgan fingerprint density at radius 3 is 2.53 bits per heavy atom. The Kier molecular flexibility index (Phi) is 5.31. The van der Waals surface area contributed by atoms with Crippen LogP contribution in [0.1, 0.15) is 11.1 Å². The van der Waals surface area contributed by atoms with Crippen molar-refractivity contribution in [2.45, 2.75) is 13.3 Å². The van der Waals surface area contributed by atoms with E-state index in [9.17, 15) is 9.18 Å². The topological polar surface area (TPSA) is 62.5 Å². The lowest BCUT2D eigenvalue weighted by atomic mass is 10.1. The minimum absolute atomic E-state index is 0.0518. The van der Waals surface area contributed by atoms with Gasteiger partial charge in [-0.3, -0.25) is 4.79 Å². The summed E-state index contributed by atoms with van der Waals surface area (Å²) >= 11 is 0. The van der Waals surface area contributed by atoms with E-state index in [1.807, 2.05) is 29.2 Å². The van der Waals surface area contributed by atoms with E-state index in [-0.39, 0.29) is 18.1 Å². The second-order valence-electron chi connectivity index (χ2n) is 8.04. The van der Waals surface area contributed by atoms with Gasteiger partial charge in [-0.15, -0.1) is 0 Å². The highest BCUT2D eigenvalue weighted by atomic mass is 19.1. The second-order valence-corrected chi connectivity index (χ2v) is 8.04. The Labute approximate surface area is 185 Å². The van der Waals surface area contributed by atoms with Crippen LogP contribution in [-0.4, -0.2) is 47.0 Å². The Bertz CT molecular complexity index is 1250. The number of aromatic nitrogens is 2. The number of aryl methyl sites for hydroxylation is 1. The molecule has 0 aliphatic carbocycles. The van der Waals surface area contributed by atoms with Gasteiger partial charge < -0.3 is 14.2 Å². The Balaban J connectivity index is 1.36. The van der Waals surface area contributed by atoms with Gasteiger partial charge in [-0.25, -0.2) is 14.4 Å². The van der Waals surface area contributed by atoms with Crippen LogP contribution in [0.3, 0.4) is 0 Å². The number of halogens is 1. The molecule has 0 radical (unpaired) electrons. The van der Waals surface area contributed by atoms with E-state index >= 15 is 0 Å². The zero-order valence-electron chi connectivity index (χ0n) is 17.8. The third-order valence-corrected chi connectivity index (χ3v) is 5.77. The molecular weight excluding hydrogens is 407 g/mol. The average Bonchev–Trinajstić information content (AvgIpc) is 3.35. The van der Waals surface area contributed by atoms with Crippen molar-refractivity contribution in [3.05, 3.63) is 77.8 Å². The van der Waals surface area contributed by atoms with Gasteiger partial charge in [-0.05, 0) is 48.9 Å². The molecule has 32 heavy (non-hydrogen) atoms. The summed E-state index contributed by atoms with van der Waals surface area (Å²) in [6.07, 6.45) is 1.89. The zero-order chi connectivity index (χ0) is 22.1. The quantitative estimate of drug-likeness (QED) is 0.485. The summed E-state index contributed by atoms with van der Waals surface area (Å²) in [4.78, 5) is 26.3. The van der Waals surface area contributed by atoms with Crippen LogP contribution in [0.2, 0.25) is 0 Å². The van der Waals surface area contributed by atoms with Crippen LogP contribution >= 0.6 is 0 Å². The molecule has 2 aromatic carbocycles. The molecule has 4 aromatic rings. The number of furan rings is 1. The van der Waals surface area contributed by atoms with Crippen molar-refractivity contribution in [3.63, 3.8) is 0 Å². The number of hydrogen-bond acceptors (Lipinski definition) is 5. The molecule has 0 N–H and O–H groups in total. The first-order valence-electron chi connectivity index (χ1n) is 10.7. The van der Waals surface area contributed by atoms with E-state index in [0.717, 1.165) is 27.8 Å². The standard InChI is InChI=1S/C25H23FN4O2/c1-17-4-9-21-20(15-17)25(28-24(27-21)22-3-2-14-32-22)30-12-10-29(11-13-30)23(31)16-18-5-7-19(26)8-6-18/h2-9,14-15H,10-13,16H2,1H3. The minimum Gasteiger partial charge on any atom is -0.461 e. The first-order valence-corrected chi connectivity index (χ1v) is 10.7. The van der Waals surface area contributed by atoms with E-state index in [1.54, 1.807) is 18.4 Å². The normalized spacial score (nSPS) is 14.2. The predicted molar refractivity (Wildman–Crippen MR) is 121 cm³/mol. The molecule has 1 aliphatic heterocycles. The molecule has 0 unspecified atom stereocenters. The van der Waals surface area contributed by atoms with Crippen LogP contribution in [0.15, 0.2) is 65.3 Å². The lowest BCUT2D eigenvalue weighted by Gasteiger charge is -2.36. The van der Waals surface area contributed by atoms with E-state index in [0.29, 0.717) is 37.8 Å². The van der Waals surface area contributed by atoms with Crippen molar-refractivity contribution in [1.82, 2.24) is 14.9 Å². The van der Waals surface area contributed by atoms with Crippen molar-refractivity contribution in [1.29, 1.82) is 0 Å². The van der Waals surface area contributed by atoms with Crippen molar-refractivity contribution in [3.8, 4) is 11.6 Å². The molecule has 1 aliphatic rings. The predicted octanol–water partition coefficient (Wildman–Crippen LogP) is 4.23. The molecule has 7 heteroatoms. The molecule has 5 rings (SSSR count). The Morgan fingerprint density at radius 1 is 1.03 bits per heavy atom. The lowest BCUT2D eigenvalue weighted by molar-refractivity contribution is -0.130. The van der Waals surface area contributed by atoms with Gasteiger partial charge in [-0.1, -0.05) is 23.8 Å². The molecule has 0 spiro atoms. The van der Waals surface area contributed by atoms with Gasteiger partial charge >= 0.3 is 0 Å². The highest BCUT2D eigenvalue weighted by Crippen LogP contribution is 2.29. The lowest BCUT2D eigenvalue weighted by Crippen LogP contribution is -2.49. The molecule has 3 heterocycles. The molecule has 162 valence electrons. The third-order valence-electron chi connectivity index (χ3n) is 5.77. The fraction of sp³-hybridized carbons (Fsp3) is 0.240. The third kappa shape index (κ3) is 4.06. The number of carbonyl (C=O) groups is 1. The van der Waals surface area contributed by atoms with Crippen LogP contribution in [0.4, 0.5) is 10.2 Å². The number of carbonyl (C=O) groups excluding carboxylic acids is 1. The smallest absolute Gasteiger partial charge is 0.227 e. The summed E-state index contributed by atoms with van der Waals surface area (Å²) in [6, 6.07) is 15.9. The molecule has 2 aromatic heterocycles. The van der Waals surface area contributed by atoms with Gasteiger partial charge in [-0.2, -0.15) is 0 Å².